The van der Waals surface area contributed by atoms with E-state index in [0.717, 1.165) is 16.9 Å². The van der Waals surface area contributed by atoms with Gasteiger partial charge in [0.1, 0.15) is 23.8 Å². The van der Waals surface area contributed by atoms with Gasteiger partial charge >= 0.3 is 11.9 Å². The second kappa shape index (κ2) is 10.2. The van der Waals surface area contributed by atoms with E-state index in [1.807, 2.05) is 32.0 Å². The summed E-state index contributed by atoms with van der Waals surface area (Å²) in [5.74, 6) is -0.988. The van der Waals surface area contributed by atoms with Crippen LogP contribution in [0.2, 0.25) is 0 Å². The van der Waals surface area contributed by atoms with Crippen molar-refractivity contribution in [2.24, 2.45) is 15.7 Å². The minimum absolute atomic E-state index is 0.00780. The van der Waals surface area contributed by atoms with Gasteiger partial charge in [0.25, 0.3) is 0 Å². The van der Waals surface area contributed by atoms with Crippen LogP contribution in [-0.2, 0) is 29.3 Å². The molecule has 2 aromatic rings. The van der Waals surface area contributed by atoms with Crippen LogP contribution in [0.5, 0.6) is 5.75 Å². The quantitative estimate of drug-likeness (QED) is 0.216. The lowest BCUT2D eigenvalue weighted by molar-refractivity contribution is -0.150. The molecular formula is C23H25N5O7S. The van der Waals surface area contributed by atoms with Crippen molar-refractivity contribution in [2.45, 2.75) is 27.3 Å². The van der Waals surface area contributed by atoms with Crippen molar-refractivity contribution in [2.75, 3.05) is 13.2 Å². The third-order valence-corrected chi connectivity index (χ3v) is 7.10. The number of nitrogens with two attached hydrogens (primary N) is 1. The van der Waals surface area contributed by atoms with Crippen LogP contribution in [0.4, 0.5) is 0 Å². The van der Waals surface area contributed by atoms with E-state index in [9.17, 15) is 14.4 Å². The first kappa shape index (κ1) is 24.9. The summed E-state index contributed by atoms with van der Waals surface area (Å²) in [4.78, 5) is 43.2. The zero-order chi connectivity index (χ0) is 25.9. The number of aryl methyl sites for hydroxylation is 2. The number of nitrogens with zero attached hydrogens (tertiary/aromatic N) is 2. The standard InChI is InChI=1S/C23H25N5O7S/c1-13-5-4-6-14(2)19(13)32-10-9-25-22(24)28-23-27-17(12-36(23)34-20(30)21(31)35-36)18-8-7-16(33-18)11-26-15(3)29/h4-8,12H,9-11H2,1-3H3,(H,26,29)(H3,24,25,27,28). The summed E-state index contributed by atoms with van der Waals surface area (Å²) in [7, 11) is -3.00. The largest absolute Gasteiger partial charge is 0.491 e. The monoisotopic (exact) mass is 515 g/mol. The number of ether oxygens (including phenoxy) is 1. The summed E-state index contributed by atoms with van der Waals surface area (Å²) in [5, 5.41) is 7.00. The molecule has 13 heteroatoms. The summed E-state index contributed by atoms with van der Waals surface area (Å²) < 4.78 is 22.0. The molecule has 0 atom stereocenters. The van der Waals surface area contributed by atoms with Crippen molar-refractivity contribution in [3.8, 4) is 5.75 Å². The topological polar surface area (TPSA) is 167 Å². The van der Waals surface area contributed by atoms with Gasteiger partial charge in [0, 0.05) is 6.92 Å². The smallest absolute Gasteiger partial charge is 0.442 e. The Morgan fingerprint density at radius 1 is 1.14 bits per heavy atom. The summed E-state index contributed by atoms with van der Waals surface area (Å²) >= 11 is 0. The molecule has 0 radical (unpaired) electrons. The molecule has 1 saturated heterocycles. The maximum absolute atomic E-state index is 11.8. The van der Waals surface area contributed by atoms with Crippen LogP contribution in [0.25, 0.3) is 5.70 Å². The predicted molar refractivity (Wildman–Crippen MR) is 132 cm³/mol. The lowest BCUT2D eigenvalue weighted by atomic mass is 10.1. The Kier molecular flexibility index (Phi) is 7.01. The highest BCUT2D eigenvalue weighted by atomic mass is 32.3. The predicted octanol–water partition coefficient (Wildman–Crippen LogP) is 1.92. The number of benzene rings is 1. The number of nitrogens with one attached hydrogen (secondary N) is 2. The minimum Gasteiger partial charge on any atom is -0.491 e. The van der Waals surface area contributed by atoms with Gasteiger partial charge in [-0.3, -0.25) is 4.79 Å². The highest BCUT2D eigenvalue weighted by molar-refractivity contribution is 8.41. The molecule has 3 heterocycles. The lowest BCUT2D eigenvalue weighted by Crippen LogP contribution is -2.24. The van der Waals surface area contributed by atoms with Crippen LogP contribution in [0.3, 0.4) is 0 Å². The normalized spacial score (nSPS) is 18.5. The van der Waals surface area contributed by atoms with Crippen molar-refractivity contribution in [1.82, 2.24) is 10.6 Å². The number of amidine groups is 1. The van der Waals surface area contributed by atoms with Gasteiger partial charge < -0.3 is 33.9 Å². The second-order valence-electron chi connectivity index (χ2n) is 7.85. The molecule has 12 nitrogen and oxygen atoms in total. The summed E-state index contributed by atoms with van der Waals surface area (Å²) in [6.45, 7) is 5.97. The molecule has 4 N–H and O–H groups in total. The Bertz CT molecular complexity index is 1280. The number of carbonyl (C=O) groups is 3. The molecule has 0 saturated carbocycles. The first-order valence-electron chi connectivity index (χ1n) is 10.9. The number of guanidine groups is 1. The molecule has 1 fully saturated rings. The zero-order valence-electron chi connectivity index (χ0n) is 19.8. The average Bonchev–Trinajstić information content (AvgIpc) is 3.49. The van der Waals surface area contributed by atoms with E-state index in [0.29, 0.717) is 17.2 Å². The van der Waals surface area contributed by atoms with Crippen molar-refractivity contribution in [1.29, 1.82) is 0 Å². The number of rotatable bonds is 7. The van der Waals surface area contributed by atoms with Gasteiger partial charge in [-0.2, -0.15) is 4.99 Å². The Morgan fingerprint density at radius 2 is 1.83 bits per heavy atom. The van der Waals surface area contributed by atoms with E-state index in [1.54, 1.807) is 12.1 Å². The van der Waals surface area contributed by atoms with E-state index in [-0.39, 0.29) is 36.7 Å². The Morgan fingerprint density at radius 3 is 2.50 bits per heavy atom. The van der Waals surface area contributed by atoms with Gasteiger partial charge in [0.2, 0.25) is 17.0 Å². The molecule has 4 rings (SSSR count). The molecule has 2 aliphatic heterocycles. The SMILES string of the molecule is CC(=O)NCc1ccc(C2=CS3(OC(=O)C(=O)O3)/C(=N/C(N)=NCCOc3c(C)cccc3C)N2)o1. The maximum atomic E-state index is 11.8. The van der Waals surface area contributed by atoms with Gasteiger partial charge in [-0.1, -0.05) is 18.2 Å². The molecular weight excluding hydrogens is 490 g/mol. The number of carbonyl (C=O) groups excluding carboxylic acids is 3. The second-order valence-corrected chi connectivity index (χ2v) is 9.89. The zero-order valence-corrected chi connectivity index (χ0v) is 20.6. The van der Waals surface area contributed by atoms with Crippen LogP contribution in [0, 0.1) is 13.8 Å². The van der Waals surface area contributed by atoms with Gasteiger partial charge in [0.05, 0.1) is 18.5 Å². The van der Waals surface area contributed by atoms with E-state index in [4.69, 9.17) is 23.3 Å². The van der Waals surface area contributed by atoms with Gasteiger partial charge in [-0.05, 0) is 47.7 Å². The number of amides is 1. The highest BCUT2D eigenvalue weighted by Crippen LogP contribution is 2.60. The average molecular weight is 516 g/mol. The summed E-state index contributed by atoms with van der Waals surface area (Å²) in [6.07, 6.45) is 0. The third-order valence-electron chi connectivity index (χ3n) is 5.02. The molecule has 190 valence electrons. The summed E-state index contributed by atoms with van der Waals surface area (Å²) in [5.41, 5.74) is 8.35. The van der Waals surface area contributed by atoms with Crippen molar-refractivity contribution < 1.29 is 31.9 Å². The summed E-state index contributed by atoms with van der Waals surface area (Å²) in [6, 6.07) is 9.18. The number of para-hydroxylation sites is 1. The van der Waals surface area contributed by atoms with Crippen LogP contribution >= 0.6 is 10.6 Å². The van der Waals surface area contributed by atoms with Gasteiger partial charge in [-0.15, -0.1) is 0 Å². The van der Waals surface area contributed by atoms with E-state index >= 15 is 0 Å². The molecule has 0 unspecified atom stereocenters. The number of furan rings is 1. The van der Waals surface area contributed by atoms with E-state index in [1.165, 1.54) is 12.3 Å². The third kappa shape index (κ3) is 5.35. The van der Waals surface area contributed by atoms with E-state index in [2.05, 4.69) is 20.6 Å². The molecule has 2 aliphatic rings. The van der Waals surface area contributed by atoms with E-state index < -0.39 is 22.5 Å². The van der Waals surface area contributed by atoms with Crippen molar-refractivity contribution in [3.63, 3.8) is 0 Å². The van der Waals surface area contributed by atoms with Crippen molar-refractivity contribution >= 4 is 45.3 Å². The first-order chi connectivity index (χ1) is 17.2. The maximum Gasteiger partial charge on any atom is 0.442 e. The fourth-order valence-electron chi connectivity index (χ4n) is 3.38. The molecule has 1 aromatic heterocycles. The minimum atomic E-state index is -3.00. The highest BCUT2D eigenvalue weighted by Gasteiger charge is 2.49. The van der Waals surface area contributed by atoms with Crippen LogP contribution in [0.15, 0.2) is 50.1 Å². The lowest BCUT2D eigenvalue weighted by Gasteiger charge is -2.26. The van der Waals surface area contributed by atoms with Crippen molar-refractivity contribution in [3.05, 3.63) is 58.4 Å². The fraction of sp³-hybridized carbons (Fsp3) is 0.261. The number of hydrogen-bond donors (Lipinski definition) is 3. The van der Waals surface area contributed by atoms with Crippen LogP contribution in [-0.4, -0.2) is 42.1 Å². The number of hydrogen-bond acceptors (Lipinski definition) is 8. The van der Waals surface area contributed by atoms with Crippen LogP contribution in [0.1, 0.15) is 29.6 Å². The molecule has 36 heavy (non-hydrogen) atoms. The van der Waals surface area contributed by atoms with Crippen LogP contribution < -0.4 is 21.1 Å². The molecule has 1 aromatic carbocycles. The Labute approximate surface area is 208 Å². The molecule has 1 spiro atoms. The first-order valence-corrected chi connectivity index (χ1v) is 12.4. The Hall–Kier alpha value is -4.26. The molecule has 0 aliphatic carbocycles. The number of aliphatic imine (C=N–C) groups is 2. The molecule has 1 amide bonds. The van der Waals surface area contributed by atoms with Gasteiger partial charge in [-0.25, -0.2) is 14.6 Å². The fourth-order valence-corrected chi connectivity index (χ4v) is 5.32. The van der Waals surface area contributed by atoms with Gasteiger partial charge in [0.15, 0.2) is 5.76 Å². The Balaban J connectivity index is 1.49. The molecule has 0 bridgehead atoms.